The van der Waals surface area contributed by atoms with Gasteiger partial charge in [-0.1, -0.05) is 35.9 Å². The van der Waals surface area contributed by atoms with Gasteiger partial charge in [0.2, 0.25) is 10.0 Å². The van der Waals surface area contributed by atoms with Crippen LogP contribution in [0.3, 0.4) is 0 Å². The van der Waals surface area contributed by atoms with Crippen molar-refractivity contribution in [2.45, 2.75) is 31.1 Å². The topological polar surface area (TPSA) is 37.4 Å². The number of rotatable bonds is 2. The van der Waals surface area contributed by atoms with Crippen LogP contribution in [0.25, 0.3) is 0 Å². The summed E-state index contributed by atoms with van der Waals surface area (Å²) in [7, 11) is -3.44. The molecule has 0 saturated carbocycles. The lowest BCUT2D eigenvalue weighted by Gasteiger charge is -2.20. The van der Waals surface area contributed by atoms with Gasteiger partial charge < -0.3 is 0 Å². The first-order valence-electron chi connectivity index (χ1n) is 7.06. The molecule has 3 nitrogen and oxygen atoms in total. The molecule has 0 amide bonds. The number of aryl methyl sites for hydroxylation is 1. The van der Waals surface area contributed by atoms with Crippen molar-refractivity contribution in [3.05, 3.63) is 51.6 Å². The van der Waals surface area contributed by atoms with Crippen molar-refractivity contribution in [1.29, 1.82) is 0 Å². The van der Waals surface area contributed by atoms with E-state index < -0.39 is 10.0 Å². The van der Waals surface area contributed by atoms with E-state index in [1.165, 1.54) is 7.89 Å². The molecule has 1 aromatic rings. The van der Waals surface area contributed by atoms with E-state index in [1.807, 2.05) is 31.2 Å². The second-order valence-corrected chi connectivity index (χ2v) is 8.47. The molecule has 0 N–H and O–H groups in total. The Morgan fingerprint density at radius 1 is 1.10 bits per heavy atom. The van der Waals surface area contributed by atoms with Gasteiger partial charge in [0.05, 0.1) is 4.90 Å². The normalized spacial score (nSPS) is 22.3. The van der Waals surface area contributed by atoms with Crippen LogP contribution >= 0.6 is 22.6 Å². The van der Waals surface area contributed by atoms with Crippen LogP contribution in [0.5, 0.6) is 0 Å². The molecular weight excluding hydrogens is 397 g/mol. The van der Waals surface area contributed by atoms with Gasteiger partial charge in [0, 0.05) is 13.1 Å². The SMILES string of the molecule is Cc1ccc(S(=O)(=O)N2C/C=C/CCC/C(I)=C\C2)cc1. The summed E-state index contributed by atoms with van der Waals surface area (Å²) >= 11 is 2.30. The van der Waals surface area contributed by atoms with Crippen LogP contribution in [-0.2, 0) is 10.0 Å². The standard InChI is InChI=1S/C16H20INO2S/c1-14-7-9-16(10-8-14)21(19,20)18-12-5-3-2-4-6-15(17)11-13-18/h3,5,7-11H,2,4,6,12-13H2,1H3/b5-3+,15-11+. The molecule has 5 heteroatoms. The minimum atomic E-state index is -3.44. The van der Waals surface area contributed by atoms with Gasteiger partial charge in [0.25, 0.3) is 0 Å². The lowest BCUT2D eigenvalue weighted by molar-refractivity contribution is 0.472. The Morgan fingerprint density at radius 3 is 2.52 bits per heavy atom. The zero-order chi connectivity index (χ0) is 15.3. The molecule has 2 rings (SSSR count). The second-order valence-electron chi connectivity index (χ2n) is 5.15. The Kier molecular flexibility index (Phi) is 6.01. The van der Waals surface area contributed by atoms with Crippen LogP contribution in [0.2, 0.25) is 0 Å². The molecular formula is C16H20INO2S. The minimum Gasteiger partial charge on any atom is -0.207 e. The molecule has 0 unspecified atom stereocenters. The van der Waals surface area contributed by atoms with Gasteiger partial charge in [-0.15, -0.1) is 0 Å². The van der Waals surface area contributed by atoms with Gasteiger partial charge >= 0.3 is 0 Å². The summed E-state index contributed by atoms with van der Waals surface area (Å²) in [6.45, 7) is 2.81. The molecule has 0 bridgehead atoms. The maximum atomic E-state index is 12.7. The predicted octanol–water partition coefficient (Wildman–Crippen LogP) is 4.04. The largest absolute Gasteiger partial charge is 0.243 e. The minimum absolute atomic E-state index is 0.363. The maximum Gasteiger partial charge on any atom is 0.243 e. The Morgan fingerprint density at radius 2 is 1.81 bits per heavy atom. The third kappa shape index (κ3) is 4.66. The van der Waals surface area contributed by atoms with Crippen LogP contribution in [0.4, 0.5) is 0 Å². The molecule has 1 aliphatic rings. The zero-order valence-electron chi connectivity index (χ0n) is 12.1. The van der Waals surface area contributed by atoms with E-state index in [0.717, 1.165) is 24.8 Å². The van der Waals surface area contributed by atoms with Gasteiger partial charge in [-0.05, 0) is 64.5 Å². The van der Waals surface area contributed by atoms with E-state index in [1.54, 1.807) is 12.1 Å². The molecule has 1 heterocycles. The van der Waals surface area contributed by atoms with Gasteiger partial charge in [0.15, 0.2) is 0 Å². The van der Waals surface area contributed by atoms with Crippen LogP contribution in [0.1, 0.15) is 24.8 Å². The lowest BCUT2D eigenvalue weighted by atomic mass is 10.2. The highest BCUT2D eigenvalue weighted by atomic mass is 127. The van der Waals surface area contributed by atoms with Crippen molar-refractivity contribution in [2.24, 2.45) is 0 Å². The number of allylic oxidation sites excluding steroid dienone is 2. The smallest absolute Gasteiger partial charge is 0.207 e. The summed E-state index contributed by atoms with van der Waals surface area (Å²) in [5, 5.41) is 0. The van der Waals surface area contributed by atoms with Gasteiger partial charge in [-0.3, -0.25) is 0 Å². The molecule has 0 aliphatic carbocycles. The molecule has 1 aromatic carbocycles. The zero-order valence-corrected chi connectivity index (χ0v) is 15.1. The number of sulfonamides is 1. The van der Waals surface area contributed by atoms with E-state index in [2.05, 4.69) is 28.7 Å². The molecule has 0 spiro atoms. The Balaban J connectivity index is 2.28. The maximum absolute atomic E-state index is 12.7. The van der Waals surface area contributed by atoms with E-state index in [4.69, 9.17) is 0 Å². The fourth-order valence-electron chi connectivity index (χ4n) is 2.13. The van der Waals surface area contributed by atoms with Gasteiger partial charge in [0.1, 0.15) is 0 Å². The predicted molar refractivity (Wildman–Crippen MR) is 95.0 cm³/mol. The molecule has 0 fully saturated rings. The molecule has 0 saturated heterocycles. The first kappa shape index (κ1) is 16.7. The highest BCUT2D eigenvalue weighted by molar-refractivity contribution is 14.1. The Hall–Kier alpha value is -0.660. The molecule has 114 valence electrons. The summed E-state index contributed by atoms with van der Waals surface area (Å²) < 4.78 is 28.2. The number of hydrogen-bond donors (Lipinski definition) is 0. The fourth-order valence-corrected chi connectivity index (χ4v) is 4.04. The molecule has 21 heavy (non-hydrogen) atoms. The quantitative estimate of drug-likeness (QED) is 0.538. The third-order valence-corrected chi connectivity index (χ3v) is 6.26. The first-order chi connectivity index (χ1) is 10.00. The van der Waals surface area contributed by atoms with Crippen molar-refractivity contribution in [2.75, 3.05) is 13.1 Å². The summed E-state index contributed by atoms with van der Waals surface area (Å²) in [6, 6.07) is 7.04. The summed E-state index contributed by atoms with van der Waals surface area (Å²) in [5.74, 6) is 0. The average Bonchev–Trinajstić information content (AvgIpc) is 2.46. The highest BCUT2D eigenvalue weighted by Gasteiger charge is 2.22. The highest BCUT2D eigenvalue weighted by Crippen LogP contribution is 2.20. The molecule has 1 aliphatic heterocycles. The summed E-state index contributed by atoms with van der Waals surface area (Å²) in [5.41, 5.74) is 1.06. The number of hydrogen-bond acceptors (Lipinski definition) is 2. The van der Waals surface area contributed by atoms with Crippen molar-refractivity contribution in [3.63, 3.8) is 0 Å². The van der Waals surface area contributed by atoms with E-state index in [9.17, 15) is 8.42 Å². The molecule has 0 aromatic heterocycles. The van der Waals surface area contributed by atoms with E-state index in [0.29, 0.717) is 18.0 Å². The van der Waals surface area contributed by atoms with Crippen LogP contribution < -0.4 is 0 Å². The number of benzene rings is 1. The van der Waals surface area contributed by atoms with Crippen LogP contribution in [0.15, 0.2) is 51.0 Å². The van der Waals surface area contributed by atoms with Crippen LogP contribution in [0, 0.1) is 6.92 Å². The Labute approximate surface area is 140 Å². The number of nitrogens with zero attached hydrogens (tertiary/aromatic N) is 1. The number of halogens is 1. The summed E-state index contributed by atoms with van der Waals surface area (Å²) in [6.07, 6.45) is 9.19. The lowest BCUT2D eigenvalue weighted by Crippen LogP contribution is -2.31. The Bertz CT molecular complexity index is 633. The van der Waals surface area contributed by atoms with E-state index in [-0.39, 0.29) is 0 Å². The van der Waals surface area contributed by atoms with Crippen molar-refractivity contribution >= 4 is 32.6 Å². The first-order valence-corrected chi connectivity index (χ1v) is 9.58. The molecule has 0 atom stereocenters. The van der Waals surface area contributed by atoms with Crippen molar-refractivity contribution < 1.29 is 8.42 Å². The fraction of sp³-hybridized carbons (Fsp3) is 0.375. The molecule has 0 radical (unpaired) electrons. The van der Waals surface area contributed by atoms with E-state index >= 15 is 0 Å². The third-order valence-electron chi connectivity index (χ3n) is 3.44. The van der Waals surface area contributed by atoms with Gasteiger partial charge in [-0.25, -0.2) is 8.42 Å². The monoisotopic (exact) mass is 417 g/mol. The van der Waals surface area contributed by atoms with Gasteiger partial charge in [-0.2, -0.15) is 4.31 Å². The summed E-state index contributed by atoms with van der Waals surface area (Å²) in [4.78, 5) is 0.363. The average molecular weight is 417 g/mol. The van der Waals surface area contributed by atoms with Crippen molar-refractivity contribution in [1.82, 2.24) is 4.31 Å². The van der Waals surface area contributed by atoms with Crippen molar-refractivity contribution in [3.8, 4) is 0 Å². The second kappa shape index (κ2) is 7.56. The van der Waals surface area contributed by atoms with Crippen LogP contribution in [-0.4, -0.2) is 25.8 Å².